The van der Waals surface area contributed by atoms with E-state index < -0.39 is 0 Å². The number of methoxy groups -OCH3 is 2. The van der Waals surface area contributed by atoms with Crippen LogP contribution in [0.15, 0.2) is 42.7 Å². The predicted molar refractivity (Wildman–Crippen MR) is 121 cm³/mol. The summed E-state index contributed by atoms with van der Waals surface area (Å²) in [5.74, 6) is 1.97. The Morgan fingerprint density at radius 2 is 1.84 bits per heavy atom. The molecule has 1 amide bonds. The summed E-state index contributed by atoms with van der Waals surface area (Å²) in [4.78, 5) is 19.8. The van der Waals surface area contributed by atoms with Crippen LogP contribution in [0.2, 0.25) is 5.02 Å². The van der Waals surface area contributed by atoms with Crippen molar-refractivity contribution in [2.45, 2.75) is 32.1 Å². The summed E-state index contributed by atoms with van der Waals surface area (Å²) in [5.41, 5.74) is 2.64. The Hall–Kier alpha value is -2.73. The number of halogens is 1. The van der Waals surface area contributed by atoms with Crippen molar-refractivity contribution in [2.75, 3.05) is 27.3 Å². The van der Waals surface area contributed by atoms with Crippen LogP contribution in [0.3, 0.4) is 0 Å². The van der Waals surface area contributed by atoms with Crippen LogP contribution >= 0.6 is 11.6 Å². The van der Waals surface area contributed by atoms with Crippen molar-refractivity contribution in [1.29, 1.82) is 0 Å². The number of aromatic nitrogens is 2. The lowest BCUT2D eigenvalue weighted by Gasteiger charge is -2.31. The monoisotopic (exact) mass is 441 g/mol. The van der Waals surface area contributed by atoms with E-state index in [2.05, 4.69) is 11.9 Å². The van der Waals surface area contributed by atoms with Crippen molar-refractivity contribution in [3.05, 3.63) is 59.0 Å². The van der Waals surface area contributed by atoms with Gasteiger partial charge >= 0.3 is 0 Å². The summed E-state index contributed by atoms with van der Waals surface area (Å²) >= 11 is 6.27. The number of ether oxygens (including phenoxy) is 2. The molecule has 0 radical (unpaired) electrons. The largest absolute Gasteiger partial charge is 0.497 e. The van der Waals surface area contributed by atoms with Gasteiger partial charge < -0.3 is 18.8 Å². The smallest absolute Gasteiger partial charge is 0.223 e. The van der Waals surface area contributed by atoms with Gasteiger partial charge in [0.15, 0.2) is 0 Å². The third-order valence-corrected chi connectivity index (χ3v) is 6.37. The summed E-state index contributed by atoms with van der Waals surface area (Å²) in [6.07, 6.45) is 6.11. The zero-order chi connectivity index (χ0) is 22.0. The molecule has 1 aliphatic rings. The van der Waals surface area contributed by atoms with Crippen LogP contribution in [-0.4, -0.2) is 47.5 Å². The first-order chi connectivity index (χ1) is 15.0. The molecule has 1 saturated heterocycles. The molecule has 1 aliphatic heterocycles. The fraction of sp³-hybridized carbons (Fsp3) is 0.417. The predicted octanol–water partition coefficient (Wildman–Crippen LogP) is 4.79. The Kier molecular flexibility index (Phi) is 6.37. The number of amides is 1. The molecule has 7 heteroatoms. The number of benzene rings is 1. The average molecular weight is 442 g/mol. The minimum Gasteiger partial charge on any atom is -0.497 e. The molecule has 164 valence electrons. The quantitative estimate of drug-likeness (QED) is 0.552. The standard InChI is InChI=1S/C24H28ClN3O3/c1-16-6-8-27(9-7-16)24(29)13-21(17-10-19(30-2)12-20(11-17)31-3)22-14-26-23-5-4-18(25)15-28(22)23/h4-5,10-12,14-16,21H,6-9,13H2,1-3H3. The lowest BCUT2D eigenvalue weighted by atomic mass is 9.90. The fourth-order valence-corrected chi connectivity index (χ4v) is 4.38. The Balaban J connectivity index is 1.75. The fourth-order valence-electron chi connectivity index (χ4n) is 4.22. The number of carbonyl (C=O) groups excluding carboxylic acids is 1. The van der Waals surface area contributed by atoms with Gasteiger partial charge in [-0.3, -0.25) is 4.79 Å². The molecule has 1 atom stereocenters. The number of piperidine rings is 1. The molecule has 0 saturated carbocycles. The third-order valence-electron chi connectivity index (χ3n) is 6.15. The molecular weight excluding hydrogens is 414 g/mol. The number of carbonyl (C=O) groups is 1. The van der Waals surface area contributed by atoms with E-state index in [0.717, 1.165) is 42.8 Å². The van der Waals surface area contributed by atoms with Gasteiger partial charge in [-0.2, -0.15) is 0 Å². The first-order valence-corrected chi connectivity index (χ1v) is 11.0. The van der Waals surface area contributed by atoms with E-state index in [4.69, 9.17) is 21.1 Å². The second kappa shape index (κ2) is 9.18. The summed E-state index contributed by atoms with van der Waals surface area (Å²) in [6.45, 7) is 3.87. The van der Waals surface area contributed by atoms with Gasteiger partial charge in [0.05, 0.1) is 24.9 Å². The SMILES string of the molecule is COc1cc(OC)cc(C(CC(=O)N2CCC(C)CC2)c2cnc3ccc(Cl)cn23)c1. The number of hydrogen-bond donors (Lipinski definition) is 0. The molecule has 1 aromatic carbocycles. The summed E-state index contributed by atoms with van der Waals surface area (Å²) in [5, 5.41) is 0.616. The van der Waals surface area contributed by atoms with Crippen LogP contribution < -0.4 is 9.47 Å². The number of nitrogens with zero attached hydrogens (tertiary/aromatic N) is 3. The average Bonchev–Trinajstić information content (AvgIpc) is 3.20. The molecule has 1 fully saturated rings. The molecule has 0 N–H and O–H groups in total. The Labute approximate surface area is 187 Å². The van der Waals surface area contributed by atoms with Gasteiger partial charge in [0, 0.05) is 43.9 Å². The molecule has 2 aromatic heterocycles. The highest BCUT2D eigenvalue weighted by molar-refractivity contribution is 6.30. The highest BCUT2D eigenvalue weighted by atomic mass is 35.5. The summed E-state index contributed by atoms with van der Waals surface area (Å²) < 4.78 is 12.9. The minimum absolute atomic E-state index is 0.149. The first-order valence-electron chi connectivity index (χ1n) is 10.6. The zero-order valence-electron chi connectivity index (χ0n) is 18.2. The van der Waals surface area contributed by atoms with Gasteiger partial charge in [-0.05, 0) is 48.6 Å². The van der Waals surface area contributed by atoms with Gasteiger partial charge in [-0.1, -0.05) is 18.5 Å². The molecule has 3 aromatic rings. The Morgan fingerprint density at radius 3 is 2.48 bits per heavy atom. The molecule has 0 aliphatic carbocycles. The minimum atomic E-state index is -0.218. The number of imidazole rings is 1. The topological polar surface area (TPSA) is 56.1 Å². The summed E-state index contributed by atoms with van der Waals surface area (Å²) in [6, 6.07) is 9.45. The van der Waals surface area contributed by atoms with E-state index in [-0.39, 0.29) is 11.8 Å². The molecule has 4 rings (SSSR count). The van der Waals surface area contributed by atoms with Gasteiger partial charge in [-0.15, -0.1) is 0 Å². The molecule has 6 nitrogen and oxygen atoms in total. The van der Waals surface area contributed by atoms with E-state index in [1.165, 1.54) is 0 Å². The van der Waals surface area contributed by atoms with E-state index in [1.54, 1.807) is 14.2 Å². The van der Waals surface area contributed by atoms with Crippen molar-refractivity contribution >= 4 is 23.2 Å². The normalized spacial score (nSPS) is 15.8. The van der Waals surface area contributed by atoms with Crippen LogP contribution in [0.4, 0.5) is 0 Å². The first kappa shape index (κ1) is 21.5. The van der Waals surface area contributed by atoms with E-state index in [1.807, 2.05) is 52.0 Å². The van der Waals surface area contributed by atoms with Crippen molar-refractivity contribution < 1.29 is 14.3 Å². The summed E-state index contributed by atoms with van der Waals surface area (Å²) in [7, 11) is 3.25. The van der Waals surface area contributed by atoms with E-state index in [0.29, 0.717) is 28.9 Å². The van der Waals surface area contributed by atoms with Gasteiger partial charge in [-0.25, -0.2) is 4.98 Å². The molecule has 1 unspecified atom stereocenters. The van der Waals surface area contributed by atoms with E-state index in [9.17, 15) is 4.79 Å². The number of likely N-dealkylation sites (tertiary alicyclic amines) is 1. The van der Waals surface area contributed by atoms with Crippen LogP contribution in [0, 0.1) is 5.92 Å². The second-order valence-corrected chi connectivity index (χ2v) is 8.66. The van der Waals surface area contributed by atoms with Gasteiger partial charge in [0.1, 0.15) is 17.1 Å². The number of pyridine rings is 1. The molecule has 0 spiro atoms. The Bertz CT molecular complexity index is 1050. The number of fused-ring (bicyclic) bond motifs is 1. The highest BCUT2D eigenvalue weighted by Crippen LogP contribution is 2.35. The lowest BCUT2D eigenvalue weighted by molar-refractivity contribution is -0.132. The third kappa shape index (κ3) is 4.64. The van der Waals surface area contributed by atoms with Crippen LogP contribution in [-0.2, 0) is 4.79 Å². The van der Waals surface area contributed by atoms with Crippen LogP contribution in [0.1, 0.15) is 43.4 Å². The van der Waals surface area contributed by atoms with Crippen LogP contribution in [0.25, 0.3) is 5.65 Å². The molecule has 31 heavy (non-hydrogen) atoms. The molecular formula is C24H28ClN3O3. The zero-order valence-corrected chi connectivity index (χ0v) is 18.9. The second-order valence-electron chi connectivity index (χ2n) is 8.22. The lowest BCUT2D eigenvalue weighted by Crippen LogP contribution is -2.38. The van der Waals surface area contributed by atoms with Crippen LogP contribution in [0.5, 0.6) is 11.5 Å². The highest BCUT2D eigenvalue weighted by Gasteiger charge is 2.27. The van der Waals surface area contributed by atoms with Crippen molar-refractivity contribution in [3.8, 4) is 11.5 Å². The van der Waals surface area contributed by atoms with Crippen molar-refractivity contribution in [2.24, 2.45) is 5.92 Å². The molecule has 0 bridgehead atoms. The maximum Gasteiger partial charge on any atom is 0.223 e. The van der Waals surface area contributed by atoms with Crippen molar-refractivity contribution in [1.82, 2.24) is 14.3 Å². The number of hydrogen-bond acceptors (Lipinski definition) is 4. The Morgan fingerprint density at radius 1 is 1.16 bits per heavy atom. The van der Waals surface area contributed by atoms with Gasteiger partial charge in [0.25, 0.3) is 0 Å². The molecule has 3 heterocycles. The maximum atomic E-state index is 13.3. The van der Waals surface area contributed by atoms with Gasteiger partial charge in [0.2, 0.25) is 5.91 Å². The number of rotatable bonds is 6. The van der Waals surface area contributed by atoms with Crippen molar-refractivity contribution in [3.63, 3.8) is 0 Å². The maximum absolute atomic E-state index is 13.3. The van der Waals surface area contributed by atoms with E-state index >= 15 is 0 Å².